The molecule has 0 bridgehead atoms. The minimum atomic E-state index is -2.43. The topological polar surface area (TPSA) is 38.9 Å². The average molecular weight is 750 g/mol. The molecule has 5 heteroatoms. The van der Waals surface area contributed by atoms with E-state index in [1.807, 2.05) is 18.3 Å². The molecule has 0 saturated carbocycles. The monoisotopic (exact) mass is 750 g/mol. The third-order valence-corrected chi connectivity index (χ3v) is 8.71. The summed E-state index contributed by atoms with van der Waals surface area (Å²) in [5.41, 5.74) is 9.46. The van der Waals surface area contributed by atoms with Crippen LogP contribution in [0.15, 0.2) is 71.4 Å². The van der Waals surface area contributed by atoms with E-state index in [0.29, 0.717) is 16.8 Å². The number of benzene rings is 3. The number of aryl methyl sites for hydroxylation is 7. The van der Waals surface area contributed by atoms with Crippen LogP contribution in [0.5, 0.6) is 0 Å². The van der Waals surface area contributed by atoms with Crippen molar-refractivity contribution in [3.8, 4) is 22.5 Å². The van der Waals surface area contributed by atoms with Crippen LogP contribution in [0.2, 0.25) is 0 Å². The Morgan fingerprint density at radius 2 is 1.57 bits per heavy atom. The first-order chi connectivity index (χ1) is 21.8. The first-order valence-corrected chi connectivity index (χ1v) is 14.2. The maximum atomic E-state index is 7.81. The van der Waals surface area contributed by atoms with Crippen LogP contribution in [0, 0.1) is 60.5 Å². The second kappa shape index (κ2) is 11.9. The zero-order valence-corrected chi connectivity index (χ0v) is 27.2. The van der Waals surface area contributed by atoms with E-state index in [0.717, 1.165) is 27.6 Å². The molecule has 0 aliphatic heterocycles. The summed E-state index contributed by atoms with van der Waals surface area (Å²) < 4.78 is 46.1. The predicted molar refractivity (Wildman–Crippen MR) is 173 cm³/mol. The fourth-order valence-corrected chi connectivity index (χ4v) is 5.90. The van der Waals surface area contributed by atoms with Gasteiger partial charge < -0.3 is 14.4 Å². The average Bonchev–Trinajstić information content (AvgIpc) is 3.52. The fourth-order valence-electron chi connectivity index (χ4n) is 4.81. The van der Waals surface area contributed by atoms with Crippen molar-refractivity contribution in [2.24, 2.45) is 0 Å². The Balaban J connectivity index is 0.000000228. The largest absolute Gasteiger partial charge is 0.501 e. The molecule has 0 unspecified atom stereocenters. The van der Waals surface area contributed by atoms with E-state index in [1.54, 1.807) is 17.4 Å². The molecule has 4 aromatic heterocycles. The van der Waals surface area contributed by atoms with Gasteiger partial charge in [-0.25, -0.2) is 0 Å². The molecule has 213 valence electrons. The SMILES string of the molecule is Cc1c[c-]c(-c2cc(C)c(C)cn2)cc1.[2H]C([2H])c1cc(-c2[c-]ccc3c2oc2cc4c(C)c(C)sc4cc23)ncc1C([2H])([2H])[2H].[Ir]. The molecule has 0 N–H and O–H groups in total. The molecule has 4 heterocycles. The van der Waals surface area contributed by atoms with Crippen LogP contribution in [0.1, 0.15) is 45.1 Å². The Hall–Kier alpha value is -3.63. The summed E-state index contributed by atoms with van der Waals surface area (Å²) in [6.45, 7) is 6.60. The molecule has 0 fully saturated rings. The van der Waals surface area contributed by atoms with Gasteiger partial charge in [-0.15, -0.1) is 64.9 Å². The van der Waals surface area contributed by atoms with Crippen LogP contribution >= 0.6 is 11.3 Å². The minimum absolute atomic E-state index is 0. The first-order valence-electron chi connectivity index (χ1n) is 16.0. The summed E-state index contributed by atoms with van der Waals surface area (Å²) in [6.07, 6.45) is 3.16. The Labute approximate surface area is 272 Å². The molecule has 0 saturated heterocycles. The molecular weight excluding hydrogens is 713 g/mol. The molecular formula is C37H32IrN2OS-2. The van der Waals surface area contributed by atoms with Crippen molar-refractivity contribution in [2.45, 2.75) is 48.3 Å². The van der Waals surface area contributed by atoms with Gasteiger partial charge in [0.1, 0.15) is 5.58 Å². The minimum Gasteiger partial charge on any atom is -0.501 e. The van der Waals surface area contributed by atoms with Crippen molar-refractivity contribution in [3.05, 3.63) is 117 Å². The molecule has 0 atom stereocenters. The Kier molecular flexibility index (Phi) is 6.78. The number of nitrogens with zero attached hydrogens (tertiary/aromatic N) is 2. The molecule has 0 aliphatic carbocycles. The van der Waals surface area contributed by atoms with Gasteiger partial charge in [0.25, 0.3) is 0 Å². The quantitative estimate of drug-likeness (QED) is 0.165. The van der Waals surface area contributed by atoms with E-state index in [4.69, 9.17) is 11.3 Å². The maximum Gasteiger partial charge on any atom is 0.121 e. The van der Waals surface area contributed by atoms with Crippen LogP contribution in [0.4, 0.5) is 0 Å². The van der Waals surface area contributed by atoms with Crippen LogP contribution in [0.25, 0.3) is 54.5 Å². The third kappa shape index (κ3) is 5.57. The molecule has 0 aliphatic rings. The van der Waals surface area contributed by atoms with Crippen molar-refractivity contribution in [2.75, 3.05) is 0 Å². The van der Waals surface area contributed by atoms with E-state index in [9.17, 15) is 0 Å². The van der Waals surface area contributed by atoms with E-state index in [1.165, 1.54) is 49.5 Å². The van der Waals surface area contributed by atoms with Crippen LogP contribution < -0.4 is 0 Å². The summed E-state index contributed by atoms with van der Waals surface area (Å²) in [5, 5.41) is 3.09. The second-order valence-corrected chi connectivity index (χ2v) is 11.7. The van der Waals surface area contributed by atoms with Crippen LogP contribution in [0.3, 0.4) is 0 Å². The van der Waals surface area contributed by atoms with E-state index >= 15 is 0 Å². The molecule has 42 heavy (non-hydrogen) atoms. The standard InChI is InChI=1S/C23H18NOS.C14H14N.Ir/c1-12-8-20(24-11-13(12)2)17-7-5-6-16-19-10-22-18(14(3)15(4)26-22)9-21(19)25-23(16)17;1-10-4-6-13(7-5-10)14-8-11(2)12(3)9-15-14;/h5-6,8-11H,1-4H3;4-6,8-9H,1-3H3;/q2*-1;/i1D2,2D3;;. The summed E-state index contributed by atoms with van der Waals surface area (Å²) >= 11 is 1.76. The number of furan rings is 1. The molecule has 0 amide bonds. The molecule has 7 aromatic rings. The second-order valence-electron chi connectivity index (χ2n) is 10.4. The Morgan fingerprint density at radius 1 is 0.786 bits per heavy atom. The summed E-state index contributed by atoms with van der Waals surface area (Å²) in [4.78, 5) is 10.0. The van der Waals surface area contributed by atoms with Gasteiger partial charge in [0.05, 0.1) is 5.58 Å². The number of aromatic nitrogens is 2. The van der Waals surface area contributed by atoms with E-state index in [-0.39, 0.29) is 31.2 Å². The number of thiophene rings is 1. The fraction of sp³-hybridized carbons (Fsp3) is 0.189. The number of fused-ring (bicyclic) bond motifs is 4. The molecule has 7 rings (SSSR count). The smallest absolute Gasteiger partial charge is 0.121 e. The molecule has 3 nitrogen and oxygen atoms in total. The van der Waals surface area contributed by atoms with Crippen LogP contribution in [-0.2, 0) is 20.1 Å². The normalized spacial score (nSPS) is 13.1. The molecule has 0 spiro atoms. The number of pyridine rings is 2. The first kappa shape index (κ1) is 23.9. The molecule has 3 aromatic carbocycles. The summed E-state index contributed by atoms with van der Waals surface area (Å²) in [7, 11) is 0. The van der Waals surface area contributed by atoms with Gasteiger partial charge >= 0.3 is 0 Å². The van der Waals surface area contributed by atoms with Crippen molar-refractivity contribution >= 4 is 43.4 Å². The Bertz CT molecular complexity index is 2240. The van der Waals surface area contributed by atoms with E-state index in [2.05, 4.69) is 87.1 Å². The van der Waals surface area contributed by atoms with Crippen LogP contribution in [-0.4, -0.2) is 9.97 Å². The Morgan fingerprint density at radius 3 is 2.31 bits per heavy atom. The number of rotatable bonds is 2. The zero-order valence-electron chi connectivity index (χ0n) is 29.0. The van der Waals surface area contributed by atoms with Crippen molar-refractivity contribution < 1.29 is 31.4 Å². The van der Waals surface area contributed by atoms with Gasteiger partial charge in [0.15, 0.2) is 0 Å². The van der Waals surface area contributed by atoms with Gasteiger partial charge in [-0.3, -0.25) is 0 Å². The van der Waals surface area contributed by atoms with Gasteiger partial charge in [0, 0.05) is 54.3 Å². The zero-order chi connectivity index (χ0) is 32.9. The van der Waals surface area contributed by atoms with Gasteiger partial charge in [-0.05, 0) is 87.0 Å². The van der Waals surface area contributed by atoms with Crippen molar-refractivity contribution in [1.82, 2.24) is 9.97 Å². The van der Waals surface area contributed by atoms with Gasteiger partial charge in [-0.2, -0.15) is 0 Å². The van der Waals surface area contributed by atoms with Crippen molar-refractivity contribution in [3.63, 3.8) is 0 Å². The number of hydrogen-bond donors (Lipinski definition) is 0. The summed E-state index contributed by atoms with van der Waals surface area (Å²) in [6, 6.07) is 24.1. The van der Waals surface area contributed by atoms with Gasteiger partial charge in [0.2, 0.25) is 0 Å². The predicted octanol–water partition coefficient (Wildman–Crippen LogP) is 10.4. The number of hydrogen-bond acceptors (Lipinski definition) is 4. The van der Waals surface area contributed by atoms with Gasteiger partial charge in [-0.1, -0.05) is 41.1 Å². The van der Waals surface area contributed by atoms with E-state index < -0.39 is 13.7 Å². The maximum absolute atomic E-state index is 7.81. The summed E-state index contributed by atoms with van der Waals surface area (Å²) in [5.74, 6) is 0. The third-order valence-electron chi connectivity index (χ3n) is 7.54. The van der Waals surface area contributed by atoms with Crippen molar-refractivity contribution in [1.29, 1.82) is 0 Å². The molecule has 1 radical (unpaired) electrons.